The zero-order valence-electron chi connectivity index (χ0n) is 11.9. The summed E-state index contributed by atoms with van der Waals surface area (Å²) in [5, 5.41) is 11.1. The van der Waals surface area contributed by atoms with E-state index in [0.29, 0.717) is 18.7 Å². The molecule has 1 unspecified atom stereocenters. The summed E-state index contributed by atoms with van der Waals surface area (Å²) < 4.78 is 18.8. The minimum absolute atomic E-state index is 0.0768. The lowest BCUT2D eigenvalue weighted by Crippen LogP contribution is -2.30. The largest absolute Gasteiger partial charge is 0.478 e. The van der Waals surface area contributed by atoms with Gasteiger partial charge in [0.25, 0.3) is 5.91 Å². The lowest BCUT2D eigenvalue weighted by molar-refractivity contribution is -0.131. The quantitative estimate of drug-likeness (QED) is 0.754. The first-order valence-electron chi connectivity index (χ1n) is 6.41. The molecule has 1 aromatic rings. The van der Waals surface area contributed by atoms with Gasteiger partial charge in [0.1, 0.15) is 5.82 Å². The van der Waals surface area contributed by atoms with Crippen LogP contribution in [0, 0.1) is 11.7 Å². The van der Waals surface area contributed by atoms with Crippen LogP contribution in [-0.4, -0.2) is 37.2 Å². The predicted octanol–water partition coefficient (Wildman–Crippen LogP) is 1.94. The standard InChI is InChI=1S/C15H18FNO4/c1-10(9-21-2)8-17-15(20)12-5-3-11(7-13(12)16)4-6-14(18)19/h3-7,10H,8-9H2,1-2H3,(H,17,20)(H,18,19). The van der Waals surface area contributed by atoms with Gasteiger partial charge in [-0.2, -0.15) is 0 Å². The van der Waals surface area contributed by atoms with E-state index in [-0.39, 0.29) is 11.5 Å². The van der Waals surface area contributed by atoms with Gasteiger partial charge in [0.15, 0.2) is 0 Å². The summed E-state index contributed by atoms with van der Waals surface area (Å²) in [5.41, 5.74) is 0.297. The van der Waals surface area contributed by atoms with Crippen LogP contribution in [0.3, 0.4) is 0 Å². The van der Waals surface area contributed by atoms with Gasteiger partial charge in [0.2, 0.25) is 0 Å². The number of methoxy groups -OCH3 is 1. The van der Waals surface area contributed by atoms with Gasteiger partial charge in [-0.3, -0.25) is 4.79 Å². The Morgan fingerprint density at radius 2 is 2.19 bits per heavy atom. The fourth-order valence-electron chi connectivity index (χ4n) is 1.69. The molecular weight excluding hydrogens is 277 g/mol. The number of carbonyl (C=O) groups is 2. The van der Waals surface area contributed by atoms with Crippen molar-refractivity contribution in [3.05, 3.63) is 41.2 Å². The lowest BCUT2D eigenvalue weighted by atomic mass is 10.1. The van der Waals surface area contributed by atoms with Gasteiger partial charge in [0.05, 0.1) is 12.2 Å². The van der Waals surface area contributed by atoms with Gasteiger partial charge in [-0.05, 0) is 29.7 Å². The molecule has 1 rings (SSSR count). The maximum atomic E-state index is 13.8. The second-order valence-corrected chi connectivity index (χ2v) is 4.68. The lowest BCUT2D eigenvalue weighted by Gasteiger charge is -2.12. The van der Waals surface area contributed by atoms with Crippen molar-refractivity contribution in [2.24, 2.45) is 5.92 Å². The molecule has 1 aromatic carbocycles. The topological polar surface area (TPSA) is 75.6 Å². The molecule has 2 N–H and O–H groups in total. The second-order valence-electron chi connectivity index (χ2n) is 4.68. The number of amides is 1. The van der Waals surface area contributed by atoms with Crippen molar-refractivity contribution in [3.8, 4) is 0 Å². The number of aliphatic carboxylic acids is 1. The molecule has 1 atom stereocenters. The van der Waals surface area contributed by atoms with Gasteiger partial charge in [-0.1, -0.05) is 13.0 Å². The number of rotatable bonds is 7. The van der Waals surface area contributed by atoms with Gasteiger partial charge in [0, 0.05) is 19.7 Å². The van der Waals surface area contributed by atoms with Crippen molar-refractivity contribution in [2.75, 3.05) is 20.3 Å². The van der Waals surface area contributed by atoms with Gasteiger partial charge < -0.3 is 15.2 Å². The van der Waals surface area contributed by atoms with E-state index in [2.05, 4.69) is 5.32 Å². The third kappa shape index (κ3) is 5.74. The zero-order valence-corrected chi connectivity index (χ0v) is 11.9. The molecule has 1 amide bonds. The Morgan fingerprint density at radius 3 is 2.76 bits per heavy atom. The molecule has 0 aliphatic carbocycles. The van der Waals surface area contributed by atoms with E-state index < -0.39 is 17.7 Å². The number of carbonyl (C=O) groups excluding carboxylic acids is 1. The van der Waals surface area contributed by atoms with Crippen LogP contribution in [0.4, 0.5) is 4.39 Å². The van der Waals surface area contributed by atoms with E-state index >= 15 is 0 Å². The SMILES string of the molecule is COCC(C)CNC(=O)c1ccc(C=CC(=O)O)cc1F. The molecular formula is C15H18FNO4. The van der Waals surface area contributed by atoms with Crippen LogP contribution in [0.25, 0.3) is 6.08 Å². The van der Waals surface area contributed by atoms with Gasteiger partial charge >= 0.3 is 5.97 Å². The molecule has 5 nitrogen and oxygen atoms in total. The third-order valence-corrected chi connectivity index (χ3v) is 2.72. The maximum Gasteiger partial charge on any atom is 0.328 e. The smallest absolute Gasteiger partial charge is 0.328 e. The van der Waals surface area contributed by atoms with Gasteiger partial charge in [-0.15, -0.1) is 0 Å². The van der Waals surface area contributed by atoms with Crippen LogP contribution in [-0.2, 0) is 9.53 Å². The number of carboxylic acid groups (broad SMARTS) is 1. The molecule has 6 heteroatoms. The van der Waals surface area contributed by atoms with Crippen molar-refractivity contribution in [1.29, 1.82) is 0 Å². The van der Waals surface area contributed by atoms with E-state index in [1.54, 1.807) is 7.11 Å². The van der Waals surface area contributed by atoms with E-state index in [1.807, 2.05) is 6.92 Å². The van der Waals surface area contributed by atoms with Crippen molar-refractivity contribution in [1.82, 2.24) is 5.32 Å². The average Bonchev–Trinajstić information content (AvgIpc) is 2.43. The molecule has 0 spiro atoms. The highest BCUT2D eigenvalue weighted by Crippen LogP contribution is 2.12. The molecule has 0 bridgehead atoms. The summed E-state index contributed by atoms with van der Waals surface area (Å²) >= 11 is 0. The molecule has 0 aliphatic rings. The normalized spacial score (nSPS) is 12.3. The number of ether oxygens (including phenoxy) is 1. The molecule has 0 saturated carbocycles. The Hall–Kier alpha value is -2.21. The predicted molar refractivity (Wildman–Crippen MR) is 76.4 cm³/mol. The molecule has 0 aliphatic heterocycles. The summed E-state index contributed by atoms with van der Waals surface area (Å²) in [4.78, 5) is 22.2. The molecule has 21 heavy (non-hydrogen) atoms. The number of carboxylic acids is 1. The Bertz CT molecular complexity index is 542. The van der Waals surface area contributed by atoms with E-state index in [0.717, 1.165) is 12.1 Å². The van der Waals surface area contributed by atoms with Crippen molar-refractivity contribution < 1.29 is 23.8 Å². The molecule has 0 fully saturated rings. The van der Waals surface area contributed by atoms with Gasteiger partial charge in [-0.25, -0.2) is 9.18 Å². The van der Waals surface area contributed by atoms with E-state index in [1.165, 1.54) is 18.2 Å². The van der Waals surface area contributed by atoms with E-state index in [9.17, 15) is 14.0 Å². The fourth-order valence-corrected chi connectivity index (χ4v) is 1.69. The molecule has 0 heterocycles. The Morgan fingerprint density at radius 1 is 1.48 bits per heavy atom. The number of benzene rings is 1. The monoisotopic (exact) mass is 295 g/mol. The summed E-state index contributed by atoms with van der Waals surface area (Å²) in [7, 11) is 1.57. The fraction of sp³-hybridized carbons (Fsp3) is 0.333. The van der Waals surface area contributed by atoms with Crippen molar-refractivity contribution in [3.63, 3.8) is 0 Å². The summed E-state index contributed by atoms with van der Waals surface area (Å²) in [6, 6.07) is 3.93. The van der Waals surface area contributed by atoms with Crippen LogP contribution in [0.2, 0.25) is 0 Å². The van der Waals surface area contributed by atoms with Crippen LogP contribution >= 0.6 is 0 Å². The number of hydrogen-bond acceptors (Lipinski definition) is 3. The third-order valence-electron chi connectivity index (χ3n) is 2.72. The molecule has 0 aromatic heterocycles. The number of nitrogens with one attached hydrogen (secondary N) is 1. The minimum atomic E-state index is -1.12. The van der Waals surface area contributed by atoms with Crippen LogP contribution in [0.5, 0.6) is 0 Å². The first-order chi connectivity index (χ1) is 9.93. The minimum Gasteiger partial charge on any atom is -0.478 e. The van der Waals surface area contributed by atoms with E-state index in [4.69, 9.17) is 9.84 Å². The Kier molecular flexibility index (Phi) is 6.55. The number of hydrogen-bond donors (Lipinski definition) is 2. The Balaban J connectivity index is 2.71. The van der Waals surface area contributed by atoms with Crippen molar-refractivity contribution >= 4 is 18.0 Å². The summed E-state index contributed by atoms with van der Waals surface area (Å²) in [6.07, 6.45) is 2.16. The Labute approximate surface area is 122 Å². The van der Waals surface area contributed by atoms with Crippen LogP contribution in [0.15, 0.2) is 24.3 Å². The second kappa shape index (κ2) is 8.16. The summed E-state index contributed by atoms with van der Waals surface area (Å²) in [6.45, 7) is 2.79. The highest BCUT2D eigenvalue weighted by molar-refractivity contribution is 5.94. The molecule has 0 saturated heterocycles. The summed E-state index contributed by atoms with van der Waals surface area (Å²) in [5.74, 6) is -2.20. The zero-order chi connectivity index (χ0) is 15.8. The first kappa shape index (κ1) is 16.8. The molecule has 0 radical (unpaired) electrons. The van der Waals surface area contributed by atoms with Crippen LogP contribution < -0.4 is 5.32 Å². The molecule has 114 valence electrons. The maximum absolute atomic E-state index is 13.8. The van der Waals surface area contributed by atoms with Crippen LogP contribution in [0.1, 0.15) is 22.8 Å². The average molecular weight is 295 g/mol. The first-order valence-corrected chi connectivity index (χ1v) is 6.41. The van der Waals surface area contributed by atoms with Crippen molar-refractivity contribution in [2.45, 2.75) is 6.92 Å². The highest BCUT2D eigenvalue weighted by atomic mass is 19.1. The number of halogens is 1. The highest BCUT2D eigenvalue weighted by Gasteiger charge is 2.12.